The molecule has 0 aliphatic carbocycles. The van der Waals surface area contributed by atoms with Crippen LogP contribution in [0.4, 0.5) is 5.69 Å². The van der Waals surface area contributed by atoms with Gasteiger partial charge in [0.25, 0.3) is 0 Å². The Kier molecular flexibility index (Phi) is 8.24. The molecule has 2 amide bonds. The summed E-state index contributed by atoms with van der Waals surface area (Å²) in [6.45, 7) is 3.95. The molecule has 0 aromatic heterocycles. The number of carbonyl (C=O) groups excluding carboxylic acids is 2. The van der Waals surface area contributed by atoms with Crippen LogP contribution >= 0.6 is 0 Å². The van der Waals surface area contributed by atoms with E-state index in [1.807, 2.05) is 30.3 Å². The fourth-order valence-corrected chi connectivity index (χ4v) is 5.42. The number of nitrogens with one attached hydrogen (secondary N) is 2. The molecule has 2 aromatic rings. The molecule has 9 heteroatoms. The van der Waals surface area contributed by atoms with Crippen LogP contribution in [0.2, 0.25) is 0 Å². The summed E-state index contributed by atoms with van der Waals surface area (Å²) in [6, 6.07) is 13.9. The number of ether oxygens (including phenoxy) is 1. The fraction of sp³-hybridized carbons (Fsp3) is 0.333. The van der Waals surface area contributed by atoms with Crippen LogP contribution in [0.5, 0.6) is 5.75 Å². The number of piperidine rings is 1. The molecule has 1 aliphatic rings. The van der Waals surface area contributed by atoms with Gasteiger partial charge in [-0.3, -0.25) is 9.59 Å². The Hall–Kier alpha value is -3.17. The number of hydrogen-bond acceptors (Lipinski definition) is 5. The average molecular weight is 472 g/mol. The Balaban J connectivity index is 1.69. The first-order valence-corrected chi connectivity index (χ1v) is 12.2. The third-order valence-corrected chi connectivity index (χ3v) is 7.37. The van der Waals surface area contributed by atoms with Gasteiger partial charge in [-0.15, -0.1) is 0 Å². The number of aryl methyl sites for hydroxylation is 1. The number of carbonyl (C=O) groups is 2. The highest BCUT2D eigenvalue weighted by atomic mass is 32.2. The van der Waals surface area contributed by atoms with Crippen LogP contribution in [0.3, 0.4) is 0 Å². The van der Waals surface area contributed by atoms with Gasteiger partial charge in [0.05, 0.1) is 7.11 Å². The summed E-state index contributed by atoms with van der Waals surface area (Å²) < 4.78 is 33.3. The maximum absolute atomic E-state index is 13.3. The van der Waals surface area contributed by atoms with Crippen molar-refractivity contribution < 1.29 is 22.7 Å². The van der Waals surface area contributed by atoms with E-state index in [9.17, 15) is 18.0 Å². The van der Waals surface area contributed by atoms with E-state index in [1.165, 1.54) is 29.6 Å². The standard InChI is InChI=1S/C24H29N3O5S/c1-3-23(28)26-20-10-7-15-27(17-20)33(30,31)22-13-12-19(16-21(22)32-2)25-24(29)14-11-18-8-5-4-6-9-18/h3-6,8-9,12-13,16,20H,1,7,10-11,14-15,17H2,2H3,(H,25,29)(H,26,28)/t20-/m0/s1. The number of amides is 2. The van der Waals surface area contributed by atoms with Crippen molar-refractivity contribution in [3.63, 3.8) is 0 Å². The zero-order chi connectivity index (χ0) is 23.8. The molecule has 3 rings (SSSR count). The van der Waals surface area contributed by atoms with E-state index in [1.54, 1.807) is 6.07 Å². The molecule has 1 fully saturated rings. The van der Waals surface area contributed by atoms with Gasteiger partial charge in [-0.05, 0) is 43.0 Å². The Labute approximate surface area is 194 Å². The number of benzene rings is 2. The SMILES string of the molecule is C=CC(=O)N[C@H]1CCCN(S(=O)(=O)c2ccc(NC(=O)CCc3ccccc3)cc2OC)C1. The van der Waals surface area contributed by atoms with Crippen molar-refractivity contribution in [2.24, 2.45) is 0 Å². The van der Waals surface area contributed by atoms with E-state index < -0.39 is 10.0 Å². The van der Waals surface area contributed by atoms with Gasteiger partial charge in [0.1, 0.15) is 10.6 Å². The Morgan fingerprint density at radius 2 is 1.97 bits per heavy atom. The number of sulfonamides is 1. The molecule has 176 valence electrons. The van der Waals surface area contributed by atoms with Crippen molar-refractivity contribution in [3.05, 3.63) is 66.7 Å². The van der Waals surface area contributed by atoms with Crippen LogP contribution < -0.4 is 15.4 Å². The third kappa shape index (κ3) is 6.43. The highest BCUT2D eigenvalue weighted by molar-refractivity contribution is 7.89. The molecular formula is C24H29N3O5S. The van der Waals surface area contributed by atoms with E-state index in [-0.39, 0.29) is 35.0 Å². The van der Waals surface area contributed by atoms with Gasteiger partial charge in [0, 0.05) is 37.3 Å². The molecule has 2 aromatic carbocycles. The summed E-state index contributed by atoms with van der Waals surface area (Å²) in [6.07, 6.45) is 3.39. The van der Waals surface area contributed by atoms with Crippen LogP contribution in [0.15, 0.2) is 66.1 Å². The predicted octanol–water partition coefficient (Wildman–Crippen LogP) is 2.72. The molecule has 0 unspecified atom stereocenters. The highest BCUT2D eigenvalue weighted by Crippen LogP contribution is 2.31. The first-order chi connectivity index (χ1) is 15.8. The molecule has 0 radical (unpaired) electrons. The first kappa shape index (κ1) is 24.5. The maximum Gasteiger partial charge on any atom is 0.246 e. The van der Waals surface area contributed by atoms with Crippen LogP contribution in [0.25, 0.3) is 0 Å². The monoisotopic (exact) mass is 471 g/mol. The van der Waals surface area contributed by atoms with Crippen molar-refractivity contribution >= 4 is 27.5 Å². The molecule has 0 bridgehead atoms. The van der Waals surface area contributed by atoms with Gasteiger partial charge < -0.3 is 15.4 Å². The smallest absolute Gasteiger partial charge is 0.246 e. The number of rotatable bonds is 9. The Morgan fingerprint density at radius 3 is 2.67 bits per heavy atom. The molecular weight excluding hydrogens is 442 g/mol. The Morgan fingerprint density at radius 1 is 1.21 bits per heavy atom. The minimum atomic E-state index is -3.85. The minimum absolute atomic E-state index is 0.0166. The van der Waals surface area contributed by atoms with Gasteiger partial charge in [0.2, 0.25) is 21.8 Å². The van der Waals surface area contributed by atoms with Crippen LogP contribution in [0.1, 0.15) is 24.8 Å². The molecule has 1 aliphatic heterocycles. The average Bonchev–Trinajstić information content (AvgIpc) is 2.83. The van der Waals surface area contributed by atoms with Crippen molar-refractivity contribution in [2.45, 2.75) is 36.6 Å². The third-order valence-electron chi connectivity index (χ3n) is 5.46. The lowest BCUT2D eigenvalue weighted by Gasteiger charge is -2.32. The van der Waals surface area contributed by atoms with Gasteiger partial charge in [-0.2, -0.15) is 4.31 Å². The van der Waals surface area contributed by atoms with Gasteiger partial charge >= 0.3 is 0 Å². The van der Waals surface area contributed by atoms with Gasteiger partial charge in [-0.25, -0.2) is 8.42 Å². The highest BCUT2D eigenvalue weighted by Gasteiger charge is 2.32. The van der Waals surface area contributed by atoms with Crippen molar-refractivity contribution in [2.75, 3.05) is 25.5 Å². The zero-order valence-electron chi connectivity index (χ0n) is 18.6. The number of methoxy groups -OCH3 is 1. The number of hydrogen-bond donors (Lipinski definition) is 2. The summed E-state index contributed by atoms with van der Waals surface area (Å²) in [7, 11) is -2.47. The summed E-state index contributed by atoms with van der Waals surface area (Å²) in [4.78, 5) is 24.0. The topological polar surface area (TPSA) is 105 Å². The fourth-order valence-electron chi connectivity index (χ4n) is 3.76. The molecule has 33 heavy (non-hydrogen) atoms. The zero-order valence-corrected chi connectivity index (χ0v) is 19.4. The van der Waals surface area contributed by atoms with E-state index in [0.717, 1.165) is 5.56 Å². The van der Waals surface area contributed by atoms with E-state index in [2.05, 4.69) is 17.2 Å². The number of anilines is 1. The van der Waals surface area contributed by atoms with Crippen molar-refractivity contribution in [1.29, 1.82) is 0 Å². The summed E-state index contributed by atoms with van der Waals surface area (Å²) in [5.74, 6) is -0.356. The second-order valence-corrected chi connectivity index (χ2v) is 9.72. The molecule has 0 saturated carbocycles. The first-order valence-electron chi connectivity index (χ1n) is 10.8. The minimum Gasteiger partial charge on any atom is -0.495 e. The quantitative estimate of drug-likeness (QED) is 0.547. The van der Waals surface area contributed by atoms with E-state index in [4.69, 9.17) is 4.74 Å². The van der Waals surface area contributed by atoms with Crippen molar-refractivity contribution in [1.82, 2.24) is 9.62 Å². The second kappa shape index (κ2) is 11.1. The lowest BCUT2D eigenvalue weighted by Crippen LogP contribution is -2.49. The molecule has 8 nitrogen and oxygen atoms in total. The normalized spacial score (nSPS) is 16.6. The van der Waals surface area contributed by atoms with Crippen LogP contribution in [-0.2, 0) is 26.0 Å². The summed E-state index contributed by atoms with van der Waals surface area (Å²) >= 11 is 0. The molecule has 1 atom stereocenters. The van der Waals surface area contributed by atoms with Gasteiger partial charge in [0.15, 0.2) is 0 Å². The molecule has 1 saturated heterocycles. The second-order valence-electron chi connectivity index (χ2n) is 7.81. The Bertz CT molecular complexity index is 1100. The van der Waals surface area contributed by atoms with E-state index in [0.29, 0.717) is 37.9 Å². The van der Waals surface area contributed by atoms with Crippen LogP contribution in [-0.4, -0.2) is 50.8 Å². The maximum atomic E-state index is 13.3. The molecule has 0 spiro atoms. The van der Waals surface area contributed by atoms with Crippen LogP contribution in [0, 0.1) is 0 Å². The summed E-state index contributed by atoms with van der Waals surface area (Å²) in [5, 5.41) is 5.56. The number of nitrogens with zero attached hydrogens (tertiary/aromatic N) is 1. The largest absolute Gasteiger partial charge is 0.495 e. The van der Waals surface area contributed by atoms with Crippen molar-refractivity contribution in [3.8, 4) is 5.75 Å². The predicted molar refractivity (Wildman–Crippen MR) is 127 cm³/mol. The van der Waals surface area contributed by atoms with E-state index >= 15 is 0 Å². The lowest BCUT2D eigenvalue weighted by molar-refractivity contribution is -0.117. The molecule has 1 heterocycles. The summed E-state index contributed by atoms with van der Waals surface area (Å²) in [5.41, 5.74) is 1.52. The van der Waals surface area contributed by atoms with Gasteiger partial charge in [-0.1, -0.05) is 36.9 Å². The molecule has 2 N–H and O–H groups in total. The lowest BCUT2D eigenvalue weighted by atomic mass is 10.1.